The number of benzene rings is 5. The minimum atomic E-state index is -0.365. The van der Waals surface area contributed by atoms with Crippen LogP contribution in [0.15, 0.2) is 121 Å². The molecule has 0 atom stereocenters. The smallest absolute Gasteiger partial charge is 0.337 e. The van der Waals surface area contributed by atoms with Crippen molar-refractivity contribution < 1.29 is 14.3 Å². The first-order valence-corrected chi connectivity index (χ1v) is 13.5. The lowest BCUT2D eigenvalue weighted by molar-refractivity contribution is 0.0600. The molecule has 0 aliphatic carbocycles. The van der Waals surface area contributed by atoms with Gasteiger partial charge < -0.3 is 14.4 Å². The van der Waals surface area contributed by atoms with Crippen LogP contribution in [0.2, 0.25) is 0 Å². The van der Waals surface area contributed by atoms with E-state index in [1.807, 2.05) is 54.6 Å². The van der Waals surface area contributed by atoms with Crippen molar-refractivity contribution in [1.82, 2.24) is 4.98 Å². The molecule has 2 heterocycles. The zero-order valence-corrected chi connectivity index (χ0v) is 22.7. The molecule has 0 amide bonds. The summed E-state index contributed by atoms with van der Waals surface area (Å²) in [4.78, 5) is 19.6. The maximum atomic E-state index is 12.1. The molecule has 6 aromatic rings. The molecule has 198 valence electrons. The van der Waals surface area contributed by atoms with Crippen LogP contribution in [0, 0.1) is 6.92 Å². The van der Waals surface area contributed by atoms with Crippen molar-refractivity contribution in [1.29, 1.82) is 0 Å². The number of nitrogens with zero attached hydrogens (tertiary/aromatic N) is 2. The summed E-state index contributed by atoms with van der Waals surface area (Å²) in [6.45, 7) is 2.13. The van der Waals surface area contributed by atoms with E-state index in [2.05, 4.69) is 66.4 Å². The van der Waals surface area contributed by atoms with Crippen LogP contribution in [0.5, 0.6) is 11.5 Å². The van der Waals surface area contributed by atoms with Gasteiger partial charge in [-0.05, 0) is 72.1 Å². The maximum absolute atomic E-state index is 12.1. The standard InChI is InChI=1S/C36H26N2O3/c1-23-16-21-31(38-29-12-6-8-14-32(29)41-33-15-9-7-13-30(33)38)35-34(23)27(24-10-4-3-5-11-24)22-28(37-35)25-17-19-26(20-18-25)36(39)40-2/h3-22H,1-2H3. The van der Waals surface area contributed by atoms with Gasteiger partial charge in [0.1, 0.15) is 0 Å². The van der Waals surface area contributed by atoms with Gasteiger partial charge >= 0.3 is 5.97 Å². The fourth-order valence-corrected chi connectivity index (χ4v) is 5.53. The lowest BCUT2D eigenvalue weighted by Crippen LogP contribution is -2.16. The lowest BCUT2D eigenvalue weighted by atomic mass is 9.94. The minimum Gasteiger partial charge on any atom is -0.465 e. The van der Waals surface area contributed by atoms with Crippen molar-refractivity contribution in [2.24, 2.45) is 0 Å². The predicted molar refractivity (Wildman–Crippen MR) is 163 cm³/mol. The predicted octanol–water partition coefficient (Wildman–Crippen LogP) is 9.24. The summed E-state index contributed by atoms with van der Waals surface area (Å²) >= 11 is 0. The fourth-order valence-electron chi connectivity index (χ4n) is 5.53. The van der Waals surface area contributed by atoms with Gasteiger partial charge in [-0.15, -0.1) is 0 Å². The topological polar surface area (TPSA) is 51.7 Å². The van der Waals surface area contributed by atoms with E-state index >= 15 is 0 Å². The average molecular weight is 535 g/mol. The van der Waals surface area contributed by atoms with Crippen LogP contribution in [0.1, 0.15) is 15.9 Å². The summed E-state index contributed by atoms with van der Waals surface area (Å²) in [7, 11) is 1.39. The number of carbonyl (C=O) groups excluding carboxylic acids is 1. The Kier molecular flexibility index (Phi) is 5.98. The highest BCUT2D eigenvalue weighted by atomic mass is 16.5. The summed E-state index contributed by atoms with van der Waals surface area (Å²) in [5.74, 6) is 1.21. The number of para-hydroxylation sites is 4. The molecule has 0 saturated carbocycles. The van der Waals surface area contributed by atoms with Gasteiger partial charge in [0.05, 0.1) is 40.9 Å². The number of carbonyl (C=O) groups is 1. The normalized spacial score (nSPS) is 11.9. The van der Waals surface area contributed by atoms with Crippen molar-refractivity contribution >= 4 is 33.9 Å². The Balaban J connectivity index is 1.53. The number of pyridine rings is 1. The summed E-state index contributed by atoms with van der Waals surface area (Å²) in [6.07, 6.45) is 0. The first-order chi connectivity index (χ1) is 20.1. The minimum absolute atomic E-state index is 0.365. The van der Waals surface area contributed by atoms with Crippen molar-refractivity contribution in [3.63, 3.8) is 0 Å². The summed E-state index contributed by atoms with van der Waals surface area (Å²) in [5.41, 5.74) is 9.30. The van der Waals surface area contributed by atoms with Crippen LogP contribution < -0.4 is 9.64 Å². The van der Waals surface area contributed by atoms with Crippen molar-refractivity contribution in [3.05, 3.63) is 132 Å². The van der Waals surface area contributed by atoms with Crippen LogP contribution in [0.25, 0.3) is 33.3 Å². The summed E-state index contributed by atoms with van der Waals surface area (Å²) in [5, 5.41) is 1.09. The first-order valence-electron chi connectivity index (χ1n) is 13.5. The monoisotopic (exact) mass is 534 g/mol. The number of fused-ring (bicyclic) bond motifs is 3. The Bertz CT molecular complexity index is 1890. The number of anilines is 3. The number of hydrogen-bond acceptors (Lipinski definition) is 5. The molecule has 1 aromatic heterocycles. The molecule has 7 rings (SSSR count). The Labute approximate surface area is 238 Å². The second-order valence-corrected chi connectivity index (χ2v) is 9.99. The lowest BCUT2D eigenvalue weighted by Gasteiger charge is -2.33. The van der Waals surface area contributed by atoms with E-state index < -0.39 is 0 Å². The highest BCUT2D eigenvalue weighted by Gasteiger charge is 2.28. The molecule has 0 spiro atoms. The number of hydrogen-bond donors (Lipinski definition) is 0. The summed E-state index contributed by atoms with van der Waals surface area (Å²) < 4.78 is 11.2. The van der Waals surface area contributed by atoms with Gasteiger partial charge in [0.2, 0.25) is 0 Å². The van der Waals surface area contributed by atoms with Gasteiger partial charge in [0, 0.05) is 10.9 Å². The van der Waals surface area contributed by atoms with E-state index in [4.69, 9.17) is 14.5 Å². The van der Waals surface area contributed by atoms with Gasteiger partial charge in [0.15, 0.2) is 11.5 Å². The van der Waals surface area contributed by atoms with E-state index in [0.29, 0.717) is 5.56 Å². The molecule has 0 radical (unpaired) electrons. The third-order valence-corrected chi connectivity index (χ3v) is 7.51. The van der Waals surface area contributed by atoms with E-state index in [9.17, 15) is 4.79 Å². The Morgan fingerprint density at radius 3 is 2.00 bits per heavy atom. The van der Waals surface area contributed by atoms with E-state index in [-0.39, 0.29) is 5.97 Å². The Morgan fingerprint density at radius 2 is 1.34 bits per heavy atom. The van der Waals surface area contributed by atoms with Crippen LogP contribution in [0.4, 0.5) is 17.1 Å². The fraction of sp³-hybridized carbons (Fsp3) is 0.0556. The van der Waals surface area contributed by atoms with Crippen molar-refractivity contribution in [2.45, 2.75) is 6.92 Å². The number of methoxy groups -OCH3 is 1. The SMILES string of the molecule is COC(=O)c1ccc(-c2cc(-c3ccccc3)c3c(C)ccc(N4c5ccccc5Oc5ccccc54)c3n2)cc1. The van der Waals surface area contributed by atoms with Crippen molar-refractivity contribution in [3.8, 4) is 33.9 Å². The van der Waals surface area contributed by atoms with E-state index in [0.717, 1.165) is 67.4 Å². The van der Waals surface area contributed by atoms with Crippen LogP contribution >= 0.6 is 0 Å². The Hall–Kier alpha value is -5.42. The number of aromatic nitrogens is 1. The molecule has 5 heteroatoms. The highest BCUT2D eigenvalue weighted by molar-refractivity contribution is 6.07. The number of rotatable bonds is 4. The van der Waals surface area contributed by atoms with Crippen LogP contribution in [0.3, 0.4) is 0 Å². The summed E-state index contributed by atoms with van der Waals surface area (Å²) in [6, 6.07) is 40.4. The van der Waals surface area contributed by atoms with E-state index in [1.54, 1.807) is 12.1 Å². The first kappa shape index (κ1) is 24.6. The molecule has 0 bridgehead atoms. The van der Waals surface area contributed by atoms with E-state index in [1.165, 1.54) is 7.11 Å². The highest BCUT2D eigenvalue weighted by Crippen LogP contribution is 2.52. The second kappa shape index (κ2) is 9.96. The zero-order valence-electron chi connectivity index (χ0n) is 22.7. The number of aryl methyl sites for hydroxylation is 1. The molecular formula is C36H26N2O3. The molecule has 0 fully saturated rings. The molecule has 5 nitrogen and oxygen atoms in total. The molecular weight excluding hydrogens is 508 g/mol. The van der Waals surface area contributed by atoms with Gasteiger partial charge in [-0.3, -0.25) is 0 Å². The van der Waals surface area contributed by atoms with Gasteiger partial charge in [-0.2, -0.15) is 0 Å². The van der Waals surface area contributed by atoms with Gasteiger partial charge in [-0.25, -0.2) is 9.78 Å². The molecule has 0 unspecified atom stereocenters. The molecule has 0 N–H and O–H groups in total. The van der Waals surface area contributed by atoms with Gasteiger partial charge in [0.25, 0.3) is 0 Å². The quantitative estimate of drug-likeness (QED) is 0.211. The second-order valence-electron chi connectivity index (χ2n) is 9.99. The molecule has 5 aromatic carbocycles. The van der Waals surface area contributed by atoms with Crippen LogP contribution in [-0.4, -0.2) is 18.1 Å². The third-order valence-electron chi connectivity index (χ3n) is 7.51. The maximum Gasteiger partial charge on any atom is 0.337 e. The zero-order chi connectivity index (χ0) is 27.9. The van der Waals surface area contributed by atoms with Crippen LogP contribution in [-0.2, 0) is 4.74 Å². The molecule has 41 heavy (non-hydrogen) atoms. The van der Waals surface area contributed by atoms with Gasteiger partial charge in [-0.1, -0.05) is 72.8 Å². The average Bonchev–Trinajstić information content (AvgIpc) is 3.03. The molecule has 1 aliphatic heterocycles. The number of esters is 1. The number of ether oxygens (including phenoxy) is 2. The molecule has 1 aliphatic rings. The molecule has 0 saturated heterocycles. The Morgan fingerprint density at radius 1 is 0.707 bits per heavy atom. The largest absolute Gasteiger partial charge is 0.465 e. The third kappa shape index (κ3) is 4.19. The van der Waals surface area contributed by atoms with Crippen molar-refractivity contribution in [2.75, 3.05) is 12.0 Å².